The van der Waals surface area contributed by atoms with E-state index in [1.54, 1.807) is 6.92 Å². The molecular weight excluding hydrogens is 214 g/mol. The third kappa shape index (κ3) is 2.94. The number of nitrogens with one attached hydrogen (secondary N) is 1. The third-order valence-corrected chi connectivity index (χ3v) is 1.86. The summed E-state index contributed by atoms with van der Waals surface area (Å²) in [7, 11) is 0. The monoisotopic (exact) mass is 225 g/mol. The summed E-state index contributed by atoms with van der Waals surface area (Å²) in [6.07, 6.45) is -0.258. The Morgan fingerprint density at radius 1 is 1.44 bits per heavy atom. The molecule has 2 N–H and O–H groups in total. The van der Waals surface area contributed by atoms with Gasteiger partial charge in [0, 0.05) is 11.8 Å². The number of ether oxygens (including phenoxy) is 1. The highest BCUT2D eigenvalue weighted by Gasteiger charge is 2.14. The highest BCUT2D eigenvalue weighted by atomic mass is 16.5. The number of carbonyl (C=O) groups excluding carboxylic acids is 1. The number of aromatic carboxylic acids is 1. The number of hydrogen-bond acceptors (Lipinski definition) is 4. The predicted octanol–water partition coefficient (Wildman–Crippen LogP) is 0.179. The van der Waals surface area contributed by atoms with Crippen molar-refractivity contribution in [1.29, 1.82) is 0 Å². The number of pyridine rings is 1. The van der Waals surface area contributed by atoms with Gasteiger partial charge in [0.05, 0.1) is 18.6 Å². The van der Waals surface area contributed by atoms with Gasteiger partial charge in [0.2, 0.25) is 5.56 Å². The number of carbonyl (C=O) groups is 2. The van der Waals surface area contributed by atoms with Crippen molar-refractivity contribution in [2.45, 2.75) is 13.3 Å². The third-order valence-electron chi connectivity index (χ3n) is 1.86. The van der Waals surface area contributed by atoms with Gasteiger partial charge in [-0.15, -0.1) is 0 Å². The van der Waals surface area contributed by atoms with E-state index in [0.29, 0.717) is 0 Å². The van der Waals surface area contributed by atoms with E-state index in [4.69, 9.17) is 5.11 Å². The number of aromatic amines is 1. The standard InChI is InChI=1S/C10H11NO5/c1-2-16-9(13)5-7-6(10(14)15)3-4-8(12)11-7/h3-4H,2,5H2,1H3,(H,11,12)(H,14,15). The van der Waals surface area contributed by atoms with E-state index in [2.05, 4.69) is 9.72 Å². The van der Waals surface area contributed by atoms with Gasteiger partial charge in [-0.3, -0.25) is 9.59 Å². The lowest BCUT2D eigenvalue weighted by molar-refractivity contribution is -0.142. The fourth-order valence-corrected chi connectivity index (χ4v) is 1.21. The van der Waals surface area contributed by atoms with Crippen molar-refractivity contribution in [2.24, 2.45) is 0 Å². The van der Waals surface area contributed by atoms with Crippen LogP contribution in [0.2, 0.25) is 0 Å². The minimum absolute atomic E-state index is 0.0541. The molecule has 16 heavy (non-hydrogen) atoms. The first kappa shape index (κ1) is 12.0. The Bertz CT molecular complexity index is 463. The van der Waals surface area contributed by atoms with Crippen molar-refractivity contribution in [2.75, 3.05) is 6.61 Å². The average Bonchev–Trinajstić information content (AvgIpc) is 2.17. The highest BCUT2D eigenvalue weighted by molar-refractivity contribution is 5.90. The van der Waals surface area contributed by atoms with Gasteiger partial charge in [0.1, 0.15) is 0 Å². The van der Waals surface area contributed by atoms with Crippen LogP contribution in [0, 0.1) is 0 Å². The van der Waals surface area contributed by atoms with Crippen LogP contribution in [0.5, 0.6) is 0 Å². The van der Waals surface area contributed by atoms with E-state index < -0.39 is 17.5 Å². The Morgan fingerprint density at radius 2 is 2.12 bits per heavy atom. The first-order valence-electron chi connectivity index (χ1n) is 4.65. The molecule has 0 saturated heterocycles. The number of rotatable bonds is 4. The Morgan fingerprint density at radius 3 is 2.69 bits per heavy atom. The van der Waals surface area contributed by atoms with E-state index in [0.717, 1.165) is 12.1 Å². The van der Waals surface area contributed by atoms with Crippen LogP contribution in [0.4, 0.5) is 0 Å². The summed E-state index contributed by atoms with van der Waals surface area (Å²) in [5.41, 5.74) is -0.504. The SMILES string of the molecule is CCOC(=O)Cc1[nH]c(=O)ccc1C(=O)O. The van der Waals surface area contributed by atoms with Crippen LogP contribution in [0.15, 0.2) is 16.9 Å². The molecule has 0 aliphatic rings. The molecule has 0 saturated carbocycles. The minimum atomic E-state index is -1.20. The first-order chi connectivity index (χ1) is 7.54. The number of esters is 1. The molecule has 0 atom stereocenters. The van der Waals surface area contributed by atoms with Crippen molar-refractivity contribution < 1.29 is 19.4 Å². The van der Waals surface area contributed by atoms with E-state index in [-0.39, 0.29) is 24.3 Å². The minimum Gasteiger partial charge on any atom is -0.478 e. The number of carboxylic acid groups (broad SMARTS) is 1. The van der Waals surface area contributed by atoms with Gasteiger partial charge in [-0.2, -0.15) is 0 Å². The summed E-state index contributed by atoms with van der Waals surface area (Å²) >= 11 is 0. The average molecular weight is 225 g/mol. The summed E-state index contributed by atoms with van der Waals surface area (Å²) in [6, 6.07) is 2.26. The van der Waals surface area contributed by atoms with Gasteiger partial charge < -0.3 is 14.8 Å². The molecule has 0 bridgehead atoms. The molecule has 0 spiro atoms. The zero-order chi connectivity index (χ0) is 12.1. The lowest BCUT2D eigenvalue weighted by atomic mass is 10.1. The molecule has 0 radical (unpaired) electrons. The number of hydrogen-bond donors (Lipinski definition) is 2. The maximum Gasteiger partial charge on any atom is 0.337 e. The van der Waals surface area contributed by atoms with Gasteiger partial charge in [0.25, 0.3) is 0 Å². The summed E-state index contributed by atoms with van der Waals surface area (Å²) in [4.78, 5) is 35.3. The van der Waals surface area contributed by atoms with Crippen LogP contribution in [-0.2, 0) is 16.0 Å². The number of carboxylic acids is 1. The maximum atomic E-state index is 11.2. The summed E-state index contributed by atoms with van der Waals surface area (Å²) < 4.78 is 4.67. The van der Waals surface area contributed by atoms with Crippen LogP contribution in [0.25, 0.3) is 0 Å². The molecule has 1 heterocycles. The van der Waals surface area contributed by atoms with Gasteiger partial charge in [-0.1, -0.05) is 0 Å². The zero-order valence-electron chi connectivity index (χ0n) is 8.65. The maximum absolute atomic E-state index is 11.2. The second kappa shape index (κ2) is 5.11. The van der Waals surface area contributed by atoms with E-state index >= 15 is 0 Å². The lowest BCUT2D eigenvalue weighted by Crippen LogP contribution is -2.18. The molecule has 0 aromatic carbocycles. The van der Waals surface area contributed by atoms with Crippen LogP contribution < -0.4 is 5.56 Å². The Balaban J connectivity index is 3.01. The Kier molecular flexibility index (Phi) is 3.82. The van der Waals surface area contributed by atoms with Crippen molar-refractivity contribution in [3.05, 3.63) is 33.7 Å². The molecule has 0 fully saturated rings. The van der Waals surface area contributed by atoms with Gasteiger partial charge in [-0.05, 0) is 13.0 Å². The van der Waals surface area contributed by atoms with E-state index in [1.165, 1.54) is 0 Å². The molecule has 1 aromatic rings. The molecule has 6 nitrogen and oxygen atoms in total. The summed E-state index contributed by atoms with van der Waals surface area (Å²) in [6.45, 7) is 1.85. The quantitative estimate of drug-likeness (QED) is 0.712. The lowest BCUT2D eigenvalue weighted by Gasteiger charge is -2.04. The van der Waals surface area contributed by atoms with E-state index in [9.17, 15) is 14.4 Å². The van der Waals surface area contributed by atoms with Crippen molar-refractivity contribution >= 4 is 11.9 Å². The molecule has 1 rings (SSSR count). The number of H-pyrrole nitrogens is 1. The van der Waals surface area contributed by atoms with Gasteiger partial charge in [0.15, 0.2) is 0 Å². The molecule has 0 aliphatic heterocycles. The van der Waals surface area contributed by atoms with Gasteiger partial charge in [-0.25, -0.2) is 4.79 Å². The predicted molar refractivity (Wildman–Crippen MR) is 54.4 cm³/mol. The Hall–Kier alpha value is -2.11. The molecule has 0 aliphatic carbocycles. The normalized spacial score (nSPS) is 9.81. The van der Waals surface area contributed by atoms with Crippen LogP contribution in [0.3, 0.4) is 0 Å². The zero-order valence-corrected chi connectivity index (χ0v) is 8.65. The molecular formula is C10H11NO5. The highest BCUT2D eigenvalue weighted by Crippen LogP contribution is 2.05. The fraction of sp³-hybridized carbons (Fsp3) is 0.300. The second-order valence-electron chi connectivity index (χ2n) is 3.00. The van der Waals surface area contributed by atoms with Crippen LogP contribution >= 0.6 is 0 Å². The van der Waals surface area contributed by atoms with Crippen molar-refractivity contribution in [3.8, 4) is 0 Å². The topological polar surface area (TPSA) is 96.5 Å². The molecule has 86 valence electrons. The first-order valence-corrected chi connectivity index (χ1v) is 4.65. The van der Waals surface area contributed by atoms with Crippen LogP contribution in [0.1, 0.15) is 23.0 Å². The molecule has 6 heteroatoms. The van der Waals surface area contributed by atoms with Gasteiger partial charge >= 0.3 is 11.9 Å². The fourth-order valence-electron chi connectivity index (χ4n) is 1.21. The Labute approximate surface area is 90.9 Å². The number of aromatic nitrogens is 1. The van der Waals surface area contributed by atoms with E-state index in [1.807, 2.05) is 0 Å². The van der Waals surface area contributed by atoms with Crippen LogP contribution in [-0.4, -0.2) is 28.6 Å². The largest absolute Gasteiger partial charge is 0.478 e. The summed E-state index contributed by atoms with van der Waals surface area (Å²) in [5.74, 6) is -1.78. The summed E-state index contributed by atoms with van der Waals surface area (Å²) in [5, 5.41) is 8.83. The second-order valence-corrected chi connectivity index (χ2v) is 3.00. The molecule has 0 unspecified atom stereocenters. The molecule has 0 amide bonds. The smallest absolute Gasteiger partial charge is 0.337 e. The van der Waals surface area contributed by atoms with Crippen molar-refractivity contribution in [1.82, 2.24) is 4.98 Å². The molecule has 1 aromatic heterocycles. The van der Waals surface area contributed by atoms with Crippen molar-refractivity contribution in [3.63, 3.8) is 0 Å².